The maximum atomic E-state index is 11.9. The molecule has 2 N–H and O–H groups in total. The predicted molar refractivity (Wildman–Crippen MR) is 59.5 cm³/mol. The van der Waals surface area contributed by atoms with Crippen molar-refractivity contribution in [2.45, 2.75) is 31.8 Å². The van der Waals surface area contributed by atoms with Crippen LogP contribution in [0.15, 0.2) is 0 Å². The Morgan fingerprint density at radius 1 is 1.53 bits per heavy atom. The Hall–Kier alpha value is -0.610. The number of likely N-dealkylation sites (N-methyl/N-ethyl adjacent to an activating group) is 2. The normalized spacial score (nSPS) is 19.1. The fraction of sp³-hybridized carbons (Fsp3) is 0.909. The molecule has 1 fully saturated rings. The molecule has 0 unspecified atom stereocenters. The number of aliphatic hydroxyl groups is 1. The zero-order chi connectivity index (χ0) is 11.3. The molecule has 0 bridgehead atoms. The largest absolute Gasteiger partial charge is 0.390 e. The Balaban J connectivity index is 2.31. The minimum absolute atomic E-state index is 0.197. The summed E-state index contributed by atoms with van der Waals surface area (Å²) in [6.45, 7) is 0.957. The Morgan fingerprint density at radius 3 is 2.67 bits per heavy atom. The summed E-state index contributed by atoms with van der Waals surface area (Å²) in [5.74, 6) is 0.402. The maximum absolute atomic E-state index is 11.9. The van der Waals surface area contributed by atoms with Crippen LogP contribution in [0, 0.1) is 5.92 Å². The van der Waals surface area contributed by atoms with Gasteiger partial charge < -0.3 is 15.3 Å². The molecular formula is C11H22N2O2. The number of rotatable bonds is 5. The number of amides is 1. The molecule has 1 amide bonds. The highest BCUT2D eigenvalue weighted by molar-refractivity contribution is 5.78. The summed E-state index contributed by atoms with van der Waals surface area (Å²) in [5.41, 5.74) is 0. The molecule has 1 saturated carbocycles. The number of carbonyl (C=O) groups excluding carboxylic acids is 1. The smallest absolute Gasteiger partial charge is 0.225 e. The third kappa shape index (κ3) is 3.80. The molecule has 0 aliphatic heterocycles. The lowest BCUT2D eigenvalue weighted by Crippen LogP contribution is -2.40. The molecule has 1 aliphatic rings. The quantitative estimate of drug-likeness (QED) is 0.688. The fourth-order valence-corrected chi connectivity index (χ4v) is 2.19. The van der Waals surface area contributed by atoms with E-state index in [1.54, 1.807) is 19.0 Å². The Kier molecular flexibility index (Phi) is 5.05. The first-order valence-corrected chi connectivity index (χ1v) is 5.72. The summed E-state index contributed by atoms with van der Waals surface area (Å²) < 4.78 is 0. The molecule has 0 spiro atoms. The van der Waals surface area contributed by atoms with Crippen LogP contribution >= 0.6 is 0 Å². The number of hydrogen-bond donors (Lipinski definition) is 2. The van der Waals surface area contributed by atoms with Crippen LogP contribution in [0.5, 0.6) is 0 Å². The van der Waals surface area contributed by atoms with E-state index >= 15 is 0 Å². The number of hydrogen-bond acceptors (Lipinski definition) is 3. The van der Waals surface area contributed by atoms with E-state index in [2.05, 4.69) is 5.32 Å². The van der Waals surface area contributed by atoms with Crippen molar-refractivity contribution in [3.63, 3.8) is 0 Å². The first kappa shape index (κ1) is 12.5. The summed E-state index contributed by atoms with van der Waals surface area (Å²) in [4.78, 5) is 13.5. The molecule has 1 aliphatic carbocycles. The second kappa shape index (κ2) is 6.08. The van der Waals surface area contributed by atoms with Crippen LogP contribution in [0.4, 0.5) is 0 Å². The van der Waals surface area contributed by atoms with Crippen molar-refractivity contribution in [1.82, 2.24) is 10.2 Å². The third-order valence-electron chi connectivity index (χ3n) is 3.00. The van der Waals surface area contributed by atoms with E-state index in [9.17, 15) is 9.90 Å². The molecule has 0 aromatic heterocycles. The number of aliphatic hydroxyl groups excluding tert-OH is 1. The highest BCUT2D eigenvalue weighted by Gasteiger charge is 2.26. The van der Waals surface area contributed by atoms with E-state index in [0.29, 0.717) is 13.1 Å². The van der Waals surface area contributed by atoms with Crippen molar-refractivity contribution in [2.75, 3.05) is 27.2 Å². The summed E-state index contributed by atoms with van der Waals surface area (Å²) in [6.07, 6.45) is 3.91. The molecule has 1 atom stereocenters. The van der Waals surface area contributed by atoms with Crippen LogP contribution < -0.4 is 5.32 Å². The van der Waals surface area contributed by atoms with Gasteiger partial charge in [-0.3, -0.25) is 4.79 Å². The highest BCUT2D eigenvalue weighted by atomic mass is 16.3. The Bertz CT molecular complexity index is 203. The lowest BCUT2D eigenvalue weighted by molar-refractivity contribution is -0.135. The SMILES string of the molecule is CNC[C@@H](O)CN(C)C(=O)C1CCCC1. The topological polar surface area (TPSA) is 52.6 Å². The fourth-order valence-electron chi connectivity index (χ4n) is 2.19. The van der Waals surface area contributed by atoms with E-state index in [1.165, 1.54) is 12.8 Å². The van der Waals surface area contributed by atoms with Gasteiger partial charge in [0.2, 0.25) is 5.91 Å². The van der Waals surface area contributed by atoms with Gasteiger partial charge in [0.25, 0.3) is 0 Å². The molecule has 4 heteroatoms. The first-order chi connectivity index (χ1) is 7.15. The summed E-state index contributed by atoms with van der Waals surface area (Å²) in [7, 11) is 3.57. The van der Waals surface area contributed by atoms with Crippen molar-refractivity contribution in [2.24, 2.45) is 5.92 Å². The monoisotopic (exact) mass is 214 g/mol. The summed E-state index contributed by atoms with van der Waals surface area (Å²) in [6, 6.07) is 0. The zero-order valence-electron chi connectivity index (χ0n) is 9.70. The molecule has 4 nitrogen and oxygen atoms in total. The van der Waals surface area contributed by atoms with Crippen molar-refractivity contribution < 1.29 is 9.90 Å². The van der Waals surface area contributed by atoms with Gasteiger partial charge in [0.05, 0.1) is 6.10 Å². The van der Waals surface area contributed by atoms with Crippen LogP contribution in [0.3, 0.4) is 0 Å². The van der Waals surface area contributed by atoms with Gasteiger partial charge in [0.1, 0.15) is 0 Å². The minimum atomic E-state index is -0.467. The van der Waals surface area contributed by atoms with Crippen LogP contribution in [-0.2, 0) is 4.79 Å². The molecule has 1 rings (SSSR count). The zero-order valence-corrected chi connectivity index (χ0v) is 9.70. The number of nitrogens with one attached hydrogen (secondary N) is 1. The molecule has 0 saturated heterocycles. The lowest BCUT2D eigenvalue weighted by Gasteiger charge is -2.23. The van der Waals surface area contributed by atoms with Crippen LogP contribution in [-0.4, -0.2) is 49.2 Å². The molecule has 0 aromatic rings. The van der Waals surface area contributed by atoms with Crippen molar-refractivity contribution >= 4 is 5.91 Å². The summed E-state index contributed by atoms with van der Waals surface area (Å²) >= 11 is 0. The number of nitrogens with zero attached hydrogens (tertiary/aromatic N) is 1. The highest BCUT2D eigenvalue weighted by Crippen LogP contribution is 2.26. The Labute approximate surface area is 91.6 Å². The molecular weight excluding hydrogens is 192 g/mol. The average molecular weight is 214 g/mol. The Morgan fingerprint density at radius 2 is 2.13 bits per heavy atom. The van der Waals surface area contributed by atoms with Crippen LogP contribution in [0.2, 0.25) is 0 Å². The van der Waals surface area contributed by atoms with Gasteiger partial charge >= 0.3 is 0 Å². The minimum Gasteiger partial charge on any atom is -0.390 e. The average Bonchev–Trinajstić information content (AvgIpc) is 2.69. The molecule has 0 heterocycles. The van der Waals surface area contributed by atoms with Crippen molar-refractivity contribution in [1.29, 1.82) is 0 Å². The van der Waals surface area contributed by atoms with Gasteiger partial charge in [0, 0.05) is 26.1 Å². The van der Waals surface area contributed by atoms with E-state index in [0.717, 1.165) is 12.8 Å². The third-order valence-corrected chi connectivity index (χ3v) is 3.00. The first-order valence-electron chi connectivity index (χ1n) is 5.72. The van der Waals surface area contributed by atoms with Gasteiger partial charge in [-0.15, -0.1) is 0 Å². The summed E-state index contributed by atoms with van der Waals surface area (Å²) in [5, 5.41) is 12.4. The maximum Gasteiger partial charge on any atom is 0.225 e. The van der Waals surface area contributed by atoms with E-state index in [1.807, 2.05) is 0 Å². The molecule has 15 heavy (non-hydrogen) atoms. The van der Waals surface area contributed by atoms with Crippen molar-refractivity contribution in [3.05, 3.63) is 0 Å². The predicted octanol–water partition coefficient (Wildman–Crippen LogP) is 0.215. The van der Waals surface area contributed by atoms with Gasteiger partial charge in [-0.25, -0.2) is 0 Å². The molecule has 88 valence electrons. The second-order valence-electron chi connectivity index (χ2n) is 4.41. The van der Waals surface area contributed by atoms with Gasteiger partial charge in [0.15, 0.2) is 0 Å². The van der Waals surface area contributed by atoms with Gasteiger partial charge in [-0.1, -0.05) is 12.8 Å². The van der Waals surface area contributed by atoms with Crippen LogP contribution in [0.1, 0.15) is 25.7 Å². The van der Waals surface area contributed by atoms with Crippen molar-refractivity contribution in [3.8, 4) is 0 Å². The van der Waals surface area contributed by atoms with E-state index in [-0.39, 0.29) is 11.8 Å². The van der Waals surface area contributed by atoms with E-state index in [4.69, 9.17) is 0 Å². The van der Waals surface area contributed by atoms with Gasteiger partial charge in [-0.2, -0.15) is 0 Å². The number of carbonyl (C=O) groups is 1. The second-order valence-corrected chi connectivity index (χ2v) is 4.41. The molecule has 0 aromatic carbocycles. The lowest BCUT2D eigenvalue weighted by atomic mass is 10.1. The molecule has 0 radical (unpaired) electrons. The van der Waals surface area contributed by atoms with Crippen LogP contribution in [0.25, 0.3) is 0 Å². The van der Waals surface area contributed by atoms with E-state index < -0.39 is 6.10 Å². The van der Waals surface area contributed by atoms with Gasteiger partial charge in [-0.05, 0) is 19.9 Å². The standard InChI is InChI=1S/C11H22N2O2/c1-12-7-10(14)8-13(2)11(15)9-5-3-4-6-9/h9-10,12,14H,3-8H2,1-2H3/t10-/m1/s1.